The summed E-state index contributed by atoms with van der Waals surface area (Å²) >= 11 is 1.60. The number of rotatable bonds is 8. The van der Waals surface area contributed by atoms with Crippen LogP contribution in [0.4, 0.5) is 0 Å². The maximum Gasteiger partial charge on any atom is 0.308 e. The fourth-order valence-corrected chi connectivity index (χ4v) is 3.86. The number of aryl methyl sites for hydroxylation is 1. The van der Waals surface area contributed by atoms with Crippen LogP contribution in [0.1, 0.15) is 27.9 Å². The van der Waals surface area contributed by atoms with Crippen LogP contribution in [0.3, 0.4) is 0 Å². The summed E-state index contributed by atoms with van der Waals surface area (Å²) in [6, 6.07) is 9.01. The van der Waals surface area contributed by atoms with E-state index in [1.165, 1.54) is 6.92 Å². The zero-order chi connectivity index (χ0) is 21.0. The lowest BCUT2D eigenvalue weighted by atomic mass is 10.0. The number of aromatic nitrogens is 1. The molecule has 0 aliphatic rings. The average Bonchev–Trinajstić information content (AvgIpc) is 3.01. The molecular formula is C22H24NO5S+. The molecule has 29 heavy (non-hydrogen) atoms. The van der Waals surface area contributed by atoms with Gasteiger partial charge in [0.25, 0.3) is 0 Å². The van der Waals surface area contributed by atoms with Crippen molar-refractivity contribution in [3.05, 3.63) is 52.0 Å². The summed E-state index contributed by atoms with van der Waals surface area (Å²) in [5.41, 5.74) is 3.36. The highest BCUT2D eigenvalue weighted by Gasteiger charge is 2.24. The summed E-state index contributed by atoms with van der Waals surface area (Å²) in [5, 5.41) is 1.43. The number of esters is 1. The highest BCUT2D eigenvalue weighted by Crippen LogP contribution is 2.37. The number of methoxy groups -OCH3 is 1. The van der Waals surface area contributed by atoms with E-state index in [1.807, 2.05) is 48.2 Å². The molecule has 1 heterocycles. The van der Waals surface area contributed by atoms with Gasteiger partial charge in [-0.2, -0.15) is 4.57 Å². The molecule has 0 aliphatic carbocycles. The van der Waals surface area contributed by atoms with Crippen LogP contribution in [0, 0.1) is 13.8 Å². The second kappa shape index (κ2) is 9.15. The van der Waals surface area contributed by atoms with Gasteiger partial charge in [-0.3, -0.25) is 9.59 Å². The van der Waals surface area contributed by atoms with Crippen LogP contribution in [0.5, 0.6) is 11.5 Å². The van der Waals surface area contributed by atoms with Crippen molar-refractivity contribution in [2.75, 3.05) is 20.3 Å². The molecule has 0 unspecified atom stereocenters. The third-order valence-corrected chi connectivity index (χ3v) is 5.67. The van der Waals surface area contributed by atoms with E-state index in [0.29, 0.717) is 41.0 Å². The third-order valence-electron chi connectivity index (χ3n) is 4.66. The summed E-state index contributed by atoms with van der Waals surface area (Å²) in [4.78, 5) is 26.0. The predicted molar refractivity (Wildman–Crippen MR) is 111 cm³/mol. The van der Waals surface area contributed by atoms with Crippen molar-refractivity contribution in [3.63, 3.8) is 0 Å². The van der Waals surface area contributed by atoms with Gasteiger partial charge < -0.3 is 14.2 Å². The first kappa shape index (κ1) is 21.0. The van der Waals surface area contributed by atoms with E-state index in [0.717, 1.165) is 10.6 Å². The molecule has 0 N–H and O–H groups in total. The van der Waals surface area contributed by atoms with Crippen LogP contribution >= 0.6 is 11.3 Å². The molecule has 0 saturated carbocycles. The minimum Gasteiger partial charge on any atom is -0.490 e. The maximum atomic E-state index is 13.2. The first-order valence-corrected chi connectivity index (χ1v) is 10.1. The minimum absolute atomic E-state index is 0.123. The second-order valence-corrected chi connectivity index (χ2v) is 7.71. The predicted octanol–water partition coefficient (Wildman–Crippen LogP) is 3.64. The lowest BCUT2D eigenvalue weighted by Gasteiger charge is -2.16. The van der Waals surface area contributed by atoms with Gasteiger partial charge in [0.15, 0.2) is 5.69 Å². The molecule has 2 aromatic carbocycles. The second-order valence-electron chi connectivity index (χ2n) is 6.65. The molecular weight excluding hydrogens is 390 g/mol. The maximum absolute atomic E-state index is 13.2. The Kier molecular flexibility index (Phi) is 6.61. The zero-order valence-corrected chi connectivity index (χ0v) is 17.8. The van der Waals surface area contributed by atoms with Gasteiger partial charge in [-0.1, -0.05) is 35.6 Å². The van der Waals surface area contributed by atoms with Crippen LogP contribution < -0.4 is 14.0 Å². The highest BCUT2D eigenvalue weighted by atomic mass is 32.1. The van der Waals surface area contributed by atoms with Gasteiger partial charge in [-0.05, 0) is 13.0 Å². The molecule has 3 rings (SSSR count). The molecule has 0 saturated heterocycles. The Morgan fingerprint density at radius 1 is 1.10 bits per heavy atom. The molecule has 7 heteroatoms. The van der Waals surface area contributed by atoms with E-state index < -0.39 is 5.97 Å². The van der Waals surface area contributed by atoms with E-state index in [2.05, 4.69) is 0 Å². The normalized spacial score (nSPS) is 10.9. The number of ketones is 1. The van der Waals surface area contributed by atoms with Gasteiger partial charge in [0.2, 0.25) is 17.8 Å². The Hall–Kier alpha value is -2.77. The Morgan fingerprint density at radius 3 is 2.45 bits per heavy atom. The Balaban J connectivity index is 2.11. The fourth-order valence-electron chi connectivity index (χ4n) is 3.05. The largest absolute Gasteiger partial charge is 0.490 e. The molecule has 0 bridgehead atoms. The fraction of sp³-hybridized carbons (Fsp3) is 0.318. The number of hydrogen-bond donors (Lipinski definition) is 0. The van der Waals surface area contributed by atoms with Crippen LogP contribution in [0.2, 0.25) is 0 Å². The number of fused-ring (bicyclic) bond motifs is 1. The van der Waals surface area contributed by atoms with Gasteiger partial charge in [-0.25, -0.2) is 0 Å². The third kappa shape index (κ3) is 4.63. The number of Topliss-reactive ketones (excluding diaryl/α,β-unsaturated/α-hetero) is 1. The number of nitrogens with zero attached hydrogens (tertiary/aromatic N) is 1. The first-order valence-electron chi connectivity index (χ1n) is 9.25. The molecule has 0 atom stereocenters. The summed E-state index contributed by atoms with van der Waals surface area (Å²) < 4.78 is 18.4. The first-order chi connectivity index (χ1) is 13.9. The van der Waals surface area contributed by atoms with Crippen LogP contribution in [0.25, 0.3) is 10.8 Å². The van der Waals surface area contributed by atoms with Crippen molar-refractivity contribution < 1.29 is 28.4 Å². The van der Waals surface area contributed by atoms with Crippen molar-refractivity contribution in [2.45, 2.75) is 27.3 Å². The van der Waals surface area contributed by atoms with E-state index >= 15 is 0 Å². The number of ether oxygens (including phenoxy) is 3. The number of benzene rings is 2. The Morgan fingerprint density at radius 2 is 1.83 bits per heavy atom. The van der Waals surface area contributed by atoms with Crippen LogP contribution in [-0.4, -0.2) is 32.1 Å². The Labute approximate surface area is 173 Å². The SMILES string of the molecule is COCCOc1c(C(=O)C[n+]2csc(C)c2C)cc(OC(C)=O)c2ccccc12. The smallest absolute Gasteiger partial charge is 0.308 e. The summed E-state index contributed by atoms with van der Waals surface area (Å²) in [6.45, 7) is 6.22. The molecule has 0 aliphatic heterocycles. The van der Waals surface area contributed by atoms with Gasteiger partial charge in [0, 0.05) is 31.7 Å². The monoisotopic (exact) mass is 414 g/mol. The molecule has 0 amide bonds. The molecule has 6 nitrogen and oxygen atoms in total. The standard InChI is InChI=1S/C22H24NO5S/c1-14-15(2)29-13-23(14)12-20(25)19-11-21(28-16(3)24)17-7-5-6-8-18(17)22(19)27-10-9-26-4/h5-8,11,13H,9-10,12H2,1-4H3/q+1. The topological polar surface area (TPSA) is 65.7 Å². The highest BCUT2D eigenvalue weighted by molar-refractivity contribution is 7.09. The van der Waals surface area contributed by atoms with Gasteiger partial charge in [-0.15, -0.1) is 0 Å². The number of carbonyl (C=O) groups is 2. The Bertz CT molecular complexity index is 1060. The summed E-state index contributed by atoms with van der Waals surface area (Å²) in [7, 11) is 1.59. The van der Waals surface area contributed by atoms with E-state index in [-0.39, 0.29) is 12.3 Å². The average molecular weight is 415 g/mol. The molecule has 3 aromatic rings. The van der Waals surface area contributed by atoms with Gasteiger partial charge in [0.05, 0.1) is 17.0 Å². The van der Waals surface area contributed by atoms with Gasteiger partial charge in [0.1, 0.15) is 18.1 Å². The van der Waals surface area contributed by atoms with Crippen molar-refractivity contribution in [2.24, 2.45) is 0 Å². The van der Waals surface area contributed by atoms with Crippen molar-refractivity contribution in [1.82, 2.24) is 0 Å². The quantitative estimate of drug-likeness (QED) is 0.185. The van der Waals surface area contributed by atoms with E-state index in [4.69, 9.17) is 14.2 Å². The molecule has 0 spiro atoms. The van der Waals surface area contributed by atoms with Gasteiger partial charge >= 0.3 is 5.97 Å². The number of carbonyl (C=O) groups excluding carboxylic acids is 2. The zero-order valence-electron chi connectivity index (χ0n) is 17.0. The summed E-state index contributed by atoms with van der Waals surface area (Å²) in [6.07, 6.45) is 0. The summed E-state index contributed by atoms with van der Waals surface area (Å²) in [5.74, 6) is 0.255. The number of thiazole rings is 1. The van der Waals surface area contributed by atoms with Crippen molar-refractivity contribution in [3.8, 4) is 11.5 Å². The van der Waals surface area contributed by atoms with E-state index in [1.54, 1.807) is 24.5 Å². The lowest BCUT2D eigenvalue weighted by Crippen LogP contribution is -2.38. The van der Waals surface area contributed by atoms with Crippen LogP contribution in [0.15, 0.2) is 35.8 Å². The number of hydrogen-bond acceptors (Lipinski definition) is 6. The minimum atomic E-state index is -0.444. The molecule has 0 fully saturated rings. The van der Waals surface area contributed by atoms with Crippen LogP contribution in [-0.2, 0) is 16.1 Å². The molecule has 152 valence electrons. The molecule has 1 aromatic heterocycles. The lowest BCUT2D eigenvalue weighted by molar-refractivity contribution is -0.684. The van der Waals surface area contributed by atoms with Crippen molar-refractivity contribution in [1.29, 1.82) is 0 Å². The van der Waals surface area contributed by atoms with E-state index in [9.17, 15) is 9.59 Å². The van der Waals surface area contributed by atoms with Crippen molar-refractivity contribution >= 4 is 33.9 Å². The molecule has 0 radical (unpaired) electrons.